The second-order valence-corrected chi connectivity index (χ2v) is 7.10. The van der Waals surface area contributed by atoms with Crippen molar-refractivity contribution in [1.29, 1.82) is 0 Å². The minimum Gasteiger partial charge on any atom is -0.494 e. The first kappa shape index (κ1) is 21.8. The Morgan fingerprint density at radius 3 is 1.71 bits per heavy atom. The molecule has 31 heavy (non-hydrogen) atoms. The summed E-state index contributed by atoms with van der Waals surface area (Å²) in [6, 6.07) is 22.1. The van der Waals surface area contributed by atoms with Crippen molar-refractivity contribution in [3.05, 3.63) is 95.1 Å². The minimum atomic E-state index is -0.478. The van der Waals surface area contributed by atoms with Gasteiger partial charge in [0.2, 0.25) is 0 Å². The summed E-state index contributed by atoms with van der Waals surface area (Å²) >= 11 is 0. The van der Waals surface area contributed by atoms with Crippen LogP contribution in [0.3, 0.4) is 0 Å². The summed E-state index contributed by atoms with van der Waals surface area (Å²) in [5.74, 6) is -0.224. The molecule has 3 rings (SSSR count). The lowest BCUT2D eigenvalue weighted by molar-refractivity contribution is -0.118. The highest BCUT2D eigenvalue weighted by Crippen LogP contribution is 2.20. The molecule has 158 valence electrons. The van der Waals surface area contributed by atoms with E-state index in [4.69, 9.17) is 4.74 Å². The molecule has 2 N–H and O–H groups in total. The average molecular weight is 415 g/mol. The number of anilines is 2. The molecule has 3 aromatic carbocycles. The molecule has 0 saturated carbocycles. The molecule has 2 amide bonds. The quantitative estimate of drug-likeness (QED) is 0.311. The second kappa shape index (κ2) is 10.3. The van der Waals surface area contributed by atoms with E-state index in [0.717, 1.165) is 22.4 Å². The Balaban J connectivity index is 1.92. The van der Waals surface area contributed by atoms with Crippen LogP contribution in [0.4, 0.5) is 11.4 Å². The first-order valence-corrected chi connectivity index (χ1v) is 10.2. The Morgan fingerprint density at radius 1 is 0.774 bits per heavy atom. The Hall–Kier alpha value is -3.86. The van der Waals surface area contributed by atoms with Gasteiger partial charge in [0.1, 0.15) is 11.3 Å². The fraction of sp³-hybridized carbons (Fsp3) is 0.154. The van der Waals surface area contributed by atoms with Crippen LogP contribution in [0, 0.1) is 13.8 Å². The molecule has 5 nitrogen and oxygen atoms in total. The first-order valence-electron chi connectivity index (χ1n) is 10.2. The SMILES string of the molecule is CCOc1ccc(C=C(C(=O)Nc2ccccc2C)C(=O)Nc2ccccc2C)cc1. The molecule has 0 bridgehead atoms. The van der Waals surface area contributed by atoms with Crippen molar-refractivity contribution in [2.75, 3.05) is 17.2 Å². The Morgan fingerprint density at radius 2 is 1.26 bits per heavy atom. The number of benzene rings is 3. The molecule has 0 heterocycles. The van der Waals surface area contributed by atoms with Crippen LogP contribution in [-0.4, -0.2) is 18.4 Å². The van der Waals surface area contributed by atoms with Crippen molar-refractivity contribution < 1.29 is 14.3 Å². The highest BCUT2D eigenvalue weighted by Gasteiger charge is 2.20. The summed E-state index contributed by atoms with van der Waals surface area (Å²) in [7, 11) is 0. The van der Waals surface area contributed by atoms with Gasteiger partial charge in [-0.15, -0.1) is 0 Å². The van der Waals surface area contributed by atoms with E-state index in [-0.39, 0.29) is 5.57 Å². The highest BCUT2D eigenvalue weighted by molar-refractivity contribution is 6.29. The molecule has 0 fully saturated rings. The van der Waals surface area contributed by atoms with Crippen LogP contribution in [0.2, 0.25) is 0 Å². The normalized spacial score (nSPS) is 10.2. The third kappa shape index (κ3) is 5.82. The van der Waals surface area contributed by atoms with E-state index in [0.29, 0.717) is 18.0 Å². The maximum atomic E-state index is 13.1. The fourth-order valence-electron chi connectivity index (χ4n) is 3.03. The molecule has 5 heteroatoms. The molecule has 3 aromatic rings. The van der Waals surface area contributed by atoms with Crippen LogP contribution >= 0.6 is 0 Å². The summed E-state index contributed by atoms with van der Waals surface area (Å²) in [4.78, 5) is 26.2. The van der Waals surface area contributed by atoms with Crippen LogP contribution < -0.4 is 15.4 Å². The Kier molecular flexibility index (Phi) is 7.22. The smallest absolute Gasteiger partial charge is 0.261 e. The molecular formula is C26H26N2O3. The van der Waals surface area contributed by atoms with Crippen molar-refractivity contribution in [2.24, 2.45) is 0 Å². The van der Waals surface area contributed by atoms with Crippen molar-refractivity contribution in [3.63, 3.8) is 0 Å². The zero-order valence-electron chi connectivity index (χ0n) is 17.9. The molecule has 0 unspecified atom stereocenters. The second-order valence-electron chi connectivity index (χ2n) is 7.10. The third-order valence-electron chi connectivity index (χ3n) is 4.78. The van der Waals surface area contributed by atoms with Crippen molar-refractivity contribution >= 4 is 29.3 Å². The average Bonchev–Trinajstić information content (AvgIpc) is 2.76. The number of carbonyl (C=O) groups excluding carboxylic acids is 2. The predicted octanol–water partition coefficient (Wildman–Crippen LogP) is 5.36. The van der Waals surface area contributed by atoms with Crippen LogP contribution in [0.25, 0.3) is 6.08 Å². The maximum absolute atomic E-state index is 13.1. The highest BCUT2D eigenvalue weighted by atomic mass is 16.5. The standard InChI is InChI=1S/C26H26N2O3/c1-4-31-21-15-13-20(14-16-21)17-22(25(29)27-23-11-7-5-9-18(23)2)26(30)28-24-12-8-6-10-19(24)3/h5-17H,4H2,1-3H3,(H,27,29)(H,28,30). The molecule has 0 aliphatic rings. The van der Waals surface area contributed by atoms with E-state index < -0.39 is 11.8 Å². The van der Waals surface area contributed by atoms with Gasteiger partial charge in [-0.25, -0.2) is 0 Å². The van der Waals surface area contributed by atoms with E-state index in [1.807, 2.05) is 81.4 Å². The van der Waals surface area contributed by atoms with Crippen LogP contribution in [0.15, 0.2) is 78.4 Å². The van der Waals surface area contributed by atoms with Gasteiger partial charge in [0, 0.05) is 11.4 Å². The monoisotopic (exact) mass is 414 g/mol. The number of para-hydroxylation sites is 2. The van der Waals surface area contributed by atoms with Crippen LogP contribution in [0.5, 0.6) is 5.75 Å². The number of ether oxygens (including phenoxy) is 1. The van der Waals surface area contributed by atoms with E-state index >= 15 is 0 Å². The number of hydrogen-bond donors (Lipinski definition) is 2. The van der Waals surface area contributed by atoms with Gasteiger partial charge in [0.25, 0.3) is 11.8 Å². The van der Waals surface area contributed by atoms with Gasteiger partial charge in [0.15, 0.2) is 0 Å². The fourth-order valence-corrected chi connectivity index (χ4v) is 3.03. The number of nitrogens with one attached hydrogen (secondary N) is 2. The molecule has 0 aliphatic carbocycles. The van der Waals surface area contributed by atoms with E-state index in [1.54, 1.807) is 18.2 Å². The number of hydrogen-bond acceptors (Lipinski definition) is 3. The van der Waals surface area contributed by atoms with Gasteiger partial charge in [-0.2, -0.15) is 0 Å². The topological polar surface area (TPSA) is 67.4 Å². The summed E-state index contributed by atoms with van der Waals surface area (Å²) in [5, 5.41) is 5.70. The molecule has 0 atom stereocenters. The predicted molar refractivity (Wildman–Crippen MR) is 125 cm³/mol. The van der Waals surface area contributed by atoms with E-state index in [9.17, 15) is 9.59 Å². The van der Waals surface area contributed by atoms with Gasteiger partial charge in [-0.3, -0.25) is 9.59 Å². The summed E-state index contributed by atoms with van der Waals surface area (Å²) in [5.41, 5.74) is 3.88. The van der Waals surface area contributed by atoms with Crippen molar-refractivity contribution in [2.45, 2.75) is 20.8 Å². The first-order chi connectivity index (χ1) is 15.0. The Labute approximate surface area is 182 Å². The zero-order valence-corrected chi connectivity index (χ0v) is 17.9. The number of rotatable bonds is 7. The molecule has 0 saturated heterocycles. The minimum absolute atomic E-state index is 0.00988. The summed E-state index contributed by atoms with van der Waals surface area (Å²) in [6.07, 6.45) is 1.58. The number of carbonyl (C=O) groups is 2. The molecule has 0 aliphatic heterocycles. The van der Waals surface area contributed by atoms with Crippen molar-refractivity contribution in [3.8, 4) is 5.75 Å². The van der Waals surface area contributed by atoms with Gasteiger partial charge in [-0.05, 0) is 67.8 Å². The molecule has 0 radical (unpaired) electrons. The van der Waals surface area contributed by atoms with Crippen molar-refractivity contribution in [1.82, 2.24) is 0 Å². The van der Waals surface area contributed by atoms with Gasteiger partial charge in [0.05, 0.1) is 6.61 Å². The van der Waals surface area contributed by atoms with Gasteiger partial charge < -0.3 is 15.4 Å². The summed E-state index contributed by atoms with van der Waals surface area (Å²) < 4.78 is 5.47. The largest absolute Gasteiger partial charge is 0.494 e. The van der Waals surface area contributed by atoms with Crippen LogP contribution in [-0.2, 0) is 9.59 Å². The lowest BCUT2D eigenvalue weighted by Gasteiger charge is -2.13. The van der Waals surface area contributed by atoms with Crippen LogP contribution in [0.1, 0.15) is 23.6 Å². The lowest BCUT2D eigenvalue weighted by atomic mass is 10.1. The Bertz CT molecular complexity index is 1040. The lowest BCUT2D eigenvalue weighted by Crippen LogP contribution is -2.25. The molecular weight excluding hydrogens is 388 g/mol. The number of aryl methyl sites for hydroxylation is 2. The van der Waals surface area contributed by atoms with Gasteiger partial charge >= 0.3 is 0 Å². The van der Waals surface area contributed by atoms with E-state index in [1.165, 1.54) is 0 Å². The third-order valence-corrected chi connectivity index (χ3v) is 4.78. The molecule has 0 aromatic heterocycles. The summed E-state index contributed by atoms with van der Waals surface area (Å²) in [6.45, 7) is 6.29. The van der Waals surface area contributed by atoms with E-state index in [2.05, 4.69) is 10.6 Å². The van der Waals surface area contributed by atoms with Gasteiger partial charge in [-0.1, -0.05) is 48.5 Å². The molecule has 0 spiro atoms. The zero-order chi connectivity index (χ0) is 22.2. The number of amides is 2. The maximum Gasteiger partial charge on any atom is 0.261 e.